The third-order valence-corrected chi connectivity index (χ3v) is 14.1. The zero-order valence-corrected chi connectivity index (χ0v) is 29.1. The van der Waals surface area contributed by atoms with Crippen LogP contribution in [0.5, 0.6) is 0 Å². The van der Waals surface area contributed by atoms with Crippen molar-refractivity contribution in [2.24, 2.45) is 0 Å². The van der Waals surface area contributed by atoms with Gasteiger partial charge in [0.25, 0.3) is 0 Å². The van der Waals surface area contributed by atoms with Crippen LogP contribution in [0.15, 0.2) is 0 Å². The molecule has 11 heteroatoms. The Bertz CT molecular complexity index is 507. The lowest BCUT2D eigenvalue weighted by Gasteiger charge is -2.36. The number of hydrogen-bond donors (Lipinski definition) is 0. The lowest BCUT2D eigenvalue weighted by Crippen LogP contribution is -2.53. The first-order valence-electron chi connectivity index (χ1n) is 15.5. The van der Waals surface area contributed by atoms with E-state index in [9.17, 15) is 0 Å². The van der Waals surface area contributed by atoms with E-state index in [2.05, 4.69) is 0 Å². The highest BCUT2D eigenvalue weighted by Crippen LogP contribution is 2.37. The Labute approximate surface area is 248 Å². The molecule has 242 valence electrons. The van der Waals surface area contributed by atoms with Gasteiger partial charge in [0.2, 0.25) is 0 Å². The third kappa shape index (κ3) is 18.6. The number of hydrogen-bond acceptors (Lipinski definition) is 9. The minimum Gasteiger partial charge on any atom is -0.385 e. The van der Waals surface area contributed by atoms with Crippen LogP contribution >= 0.6 is 0 Å². The maximum Gasteiger partial charge on any atom is 0.503 e. The number of unbranched alkanes of at least 4 members (excludes halogenated alkanes) is 11. The predicted molar refractivity (Wildman–Crippen MR) is 165 cm³/mol. The van der Waals surface area contributed by atoms with E-state index >= 15 is 0 Å². The molecule has 40 heavy (non-hydrogen) atoms. The van der Waals surface area contributed by atoms with Gasteiger partial charge >= 0.3 is 17.6 Å². The summed E-state index contributed by atoms with van der Waals surface area (Å²) in [4.78, 5) is 0. The highest BCUT2D eigenvalue weighted by Gasteiger charge is 2.53. The van der Waals surface area contributed by atoms with E-state index in [4.69, 9.17) is 40.8 Å². The van der Waals surface area contributed by atoms with Gasteiger partial charge in [-0.05, 0) is 32.1 Å². The molecule has 0 aliphatic carbocycles. The highest BCUT2D eigenvalue weighted by molar-refractivity contribution is 6.67. The monoisotopic (exact) mass is 612 g/mol. The molecule has 0 radical (unpaired) electrons. The van der Waals surface area contributed by atoms with Crippen molar-refractivity contribution in [3.8, 4) is 0 Å². The zero-order valence-electron chi connectivity index (χ0n) is 27.1. The fourth-order valence-corrected chi connectivity index (χ4v) is 10.7. The van der Waals surface area contributed by atoms with Crippen LogP contribution in [0.25, 0.3) is 0 Å². The van der Waals surface area contributed by atoms with Crippen LogP contribution in [0.2, 0.25) is 11.6 Å². The Hall–Kier alpha value is 0.0738. The summed E-state index contributed by atoms with van der Waals surface area (Å²) in [6, 6.07) is 0.615. The van der Waals surface area contributed by atoms with E-state index in [1.54, 1.807) is 49.8 Å². The average Bonchev–Trinajstić information content (AvgIpc) is 2.99. The maximum atomic E-state index is 5.84. The van der Waals surface area contributed by atoms with Gasteiger partial charge in [-0.3, -0.25) is 0 Å². The fourth-order valence-electron chi connectivity index (χ4n) is 5.06. The molecule has 0 N–H and O–H groups in total. The van der Waals surface area contributed by atoms with Crippen LogP contribution in [0.1, 0.15) is 96.3 Å². The van der Waals surface area contributed by atoms with Gasteiger partial charge in [0.15, 0.2) is 0 Å². The Morgan fingerprint density at radius 2 is 0.775 bits per heavy atom. The van der Waals surface area contributed by atoms with Crippen molar-refractivity contribution >= 4 is 17.6 Å². The first-order chi connectivity index (χ1) is 19.5. The molecule has 0 aliphatic rings. The third-order valence-electron chi connectivity index (χ3n) is 7.59. The molecule has 0 rings (SSSR count). The molecule has 0 aromatic heterocycles. The summed E-state index contributed by atoms with van der Waals surface area (Å²) >= 11 is 0. The molecule has 0 aromatic carbocycles. The van der Waals surface area contributed by atoms with Crippen LogP contribution in [0.3, 0.4) is 0 Å². The molecule has 0 saturated heterocycles. The molecule has 0 aromatic rings. The second-order valence-corrected chi connectivity index (χ2v) is 16.6. The fraction of sp³-hybridized carbons (Fsp3) is 1.00. The van der Waals surface area contributed by atoms with Crippen molar-refractivity contribution in [1.29, 1.82) is 0 Å². The Morgan fingerprint density at radius 1 is 0.400 bits per heavy atom. The maximum absolute atomic E-state index is 5.84. The standard InChI is InChI=1S/C29H64O9Si2/c1-30-23-21-27-38-26-20-16-12-11-15-19-25-37-24-18-14-10-8-9-13-17-22-29(40(34-5,35-6)36-7)28-39(31-2,32-3)33-4/h29H,8-28H2,1-7H3. The first kappa shape index (κ1) is 40.1. The summed E-state index contributed by atoms with van der Waals surface area (Å²) in [6.45, 7) is 4.28. The second-order valence-electron chi connectivity index (χ2n) is 10.4. The van der Waals surface area contributed by atoms with Gasteiger partial charge in [-0.1, -0.05) is 64.2 Å². The van der Waals surface area contributed by atoms with Crippen LogP contribution in [-0.4, -0.2) is 100 Å². The molecule has 0 bridgehead atoms. The normalized spacial score (nSPS) is 13.3. The van der Waals surface area contributed by atoms with Crippen molar-refractivity contribution < 1.29 is 40.8 Å². The molecule has 0 aliphatic heterocycles. The van der Waals surface area contributed by atoms with E-state index in [0.29, 0.717) is 6.04 Å². The van der Waals surface area contributed by atoms with Gasteiger partial charge in [-0.25, -0.2) is 0 Å². The molecule has 0 saturated carbocycles. The van der Waals surface area contributed by atoms with Crippen molar-refractivity contribution in [1.82, 2.24) is 0 Å². The SMILES string of the molecule is COCCCOCCCCCCCCOCCCCCCCCCC(C[Si](OC)(OC)OC)[Si](OC)(OC)OC. The zero-order chi connectivity index (χ0) is 29.8. The summed E-state index contributed by atoms with van der Waals surface area (Å²) in [5.74, 6) is 0. The minimum atomic E-state index is -2.85. The van der Waals surface area contributed by atoms with Gasteiger partial charge < -0.3 is 40.8 Å². The van der Waals surface area contributed by atoms with Crippen molar-refractivity contribution in [3.05, 3.63) is 0 Å². The van der Waals surface area contributed by atoms with Crippen molar-refractivity contribution in [2.45, 2.75) is 108 Å². The number of rotatable bonds is 32. The van der Waals surface area contributed by atoms with Crippen LogP contribution in [0, 0.1) is 0 Å². The van der Waals surface area contributed by atoms with E-state index in [-0.39, 0.29) is 5.54 Å². The van der Waals surface area contributed by atoms with Crippen LogP contribution < -0.4 is 0 Å². The van der Waals surface area contributed by atoms with E-state index in [1.165, 1.54) is 70.6 Å². The van der Waals surface area contributed by atoms with E-state index < -0.39 is 17.6 Å². The van der Waals surface area contributed by atoms with Crippen molar-refractivity contribution in [2.75, 3.05) is 82.8 Å². The lowest BCUT2D eigenvalue weighted by molar-refractivity contribution is 0.0957. The molecule has 1 unspecified atom stereocenters. The Balaban J connectivity index is 3.80. The predicted octanol–water partition coefficient (Wildman–Crippen LogP) is 6.64. The summed E-state index contributed by atoms with van der Waals surface area (Å²) in [5, 5.41) is 0. The molecular formula is C29H64O9Si2. The minimum absolute atomic E-state index is 0.0621. The molecule has 0 spiro atoms. The number of methoxy groups -OCH3 is 1. The molecule has 0 fully saturated rings. The van der Waals surface area contributed by atoms with E-state index in [0.717, 1.165) is 58.7 Å². The topological polar surface area (TPSA) is 83.1 Å². The van der Waals surface area contributed by atoms with Gasteiger partial charge in [0.05, 0.1) is 0 Å². The summed E-state index contributed by atoms with van der Waals surface area (Å²) in [5.41, 5.74) is 0.0621. The second kappa shape index (κ2) is 27.9. The van der Waals surface area contributed by atoms with E-state index in [1.807, 2.05) is 0 Å². The van der Waals surface area contributed by atoms with Gasteiger partial charge in [-0.15, -0.1) is 0 Å². The highest BCUT2D eigenvalue weighted by atomic mass is 28.4. The number of ether oxygens (including phenoxy) is 3. The molecular weight excluding hydrogens is 548 g/mol. The van der Waals surface area contributed by atoms with Crippen molar-refractivity contribution in [3.63, 3.8) is 0 Å². The summed E-state index contributed by atoms with van der Waals surface area (Å²) < 4.78 is 50.9. The lowest BCUT2D eigenvalue weighted by atomic mass is 10.1. The molecule has 0 amide bonds. The van der Waals surface area contributed by atoms with Gasteiger partial charge in [0.1, 0.15) is 0 Å². The molecule has 9 nitrogen and oxygen atoms in total. The van der Waals surface area contributed by atoms with Crippen LogP contribution in [-0.2, 0) is 40.8 Å². The average molecular weight is 613 g/mol. The first-order valence-corrected chi connectivity index (χ1v) is 19.2. The summed E-state index contributed by atoms with van der Waals surface area (Å²) in [7, 11) is 6.02. The Kier molecular flexibility index (Phi) is 27.9. The quantitative estimate of drug-likeness (QED) is 0.0613. The molecule has 0 heterocycles. The van der Waals surface area contributed by atoms with Gasteiger partial charge in [-0.2, -0.15) is 0 Å². The largest absolute Gasteiger partial charge is 0.503 e. The van der Waals surface area contributed by atoms with Crippen LogP contribution in [0.4, 0.5) is 0 Å². The summed E-state index contributed by atoms with van der Waals surface area (Å²) in [6.07, 6.45) is 17.8. The Morgan fingerprint density at radius 3 is 1.15 bits per heavy atom. The molecule has 1 atom stereocenters. The van der Waals surface area contributed by atoms with Gasteiger partial charge in [0, 0.05) is 94.4 Å². The smallest absolute Gasteiger partial charge is 0.385 e.